The number of carbonyl (C=O) groups is 1. The Morgan fingerprint density at radius 3 is 2.55 bits per heavy atom. The summed E-state index contributed by atoms with van der Waals surface area (Å²) in [7, 11) is -1.61. The van der Waals surface area contributed by atoms with E-state index in [9.17, 15) is 13.2 Å². The highest BCUT2D eigenvalue weighted by atomic mass is 35.5. The Kier molecular flexibility index (Phi) is 8.19. The Bertz CT molecular complexity index is 965. The number of carbonyl (C=O) groups excluding carboxylic acids is 1. The van der Waals surface area contributed by atoms with Gasteiger partial charge in [0.25, 0.3) is 5.91 Å². The summed E-state index contributed by atoms with van der Waals surface area (Å²) in [5.74, 6) is 0.608. The summed E-state index contributed by atoms with van der Waals surface area (Å²) in [4.78, 5) is 14.2. The van der Waals surface area contributed by atoms with Crippen LogP contribution in [0.1, 0.15) is 13.3 Å². The summed E-state index contributed by atoms with van der Waals surface area (Å²) in [5.41, 5.74) is 0. The van der Waals surface area contributed by atoms with Gasteiger partial charge in [0.05, 0.1) is 16.5 Å². The van der Waals surface area contributed by atoms with Crippen molar-refractivity contribution < 1.29 is 22.7 Å². The Morgan fingerprint density at radius 2 is 1.86 bits per heavy atom. The molecule has 0 saturated carbocycles. The Morgan fingerprint density at radius 1 is 1.17 bits per heavy atom. The van der Waals surface area contributed by atoms with Crippen molar-refractivity contribution in [2.24, 2.45) is 0 Å². The van der Waals surface area contributed by atoms with E-state index < -0.39 is 15.9 Å². The molecule has 0 radical (unpaired) electrons. The number of nitrogens with zero attached hydrogens (tertiary/aromatic N) is 1. The minimum absolute atomic E-state index is 0.202. The molecule has 9 heteroatoms. The van der Waals surface area contributed by atoms with Gasteiger partial charge in [-0.3, -0.25) is 4.79 Å². The molecule has 0 fully saturated rings. The maximum Gasteiger partial charge on any atom is 0.263 e. The summed E-state index contributed by atoms with van der Waals surface area (Å²) >= 11 is 12.0. The van der Waals surface area contributed by atoms with Gasteiger partial charge >= 0.3 is 0 Å². The van der Waals surface area contributed by atoms with E-state index in [1.807, 2.05) is 0 Å². The van der Waals surface area contributed by atoms with Crippen LogP contribution in [-0.2, 0) is 14.6 Å². The molecular formula is C20H23Cl2NO5S. The van der Waals surface area contributed by atoms with Crippen molar-refractivity contribution in [2.45, 2.75) is 24.3 Å². The second kappa shape index (κ2) is 10.2. The van der Waals surface area contributed by atoms with Crippen molar-refractivity contribution in [3.8, 4) is 11.5 Å². The van der Waals surface area contributed by atoms with Gasteiger partial charge in [-0.1, -0.05) is 35.3 Å². The van der Waals surface area contributed by atoms with Crippen LogP contribution in [0.15, 0.2) is 47.4 Å². The first-order valence-corrected chi connectivity index (χ1v) is 11.5. The van der Waals surface area contributed by atoms with Crippen molar-refractivity contribution in [3.63, 3.8) is 0 Å². The molecule has 2 rings (SSSR count). The summed E-state index contributed by atoms with van der Waals surface area (Å²) in [6.45, 7) is 2.42. The molecule has 158 valence electrons. The topological polar surface area (TPSA) is 72.9 Å². The number of hydrogen-bond donors (Lipinski definition) is 0. The molecule has 0 N–H and O–H groups in total. The van der Waals surface area contributed by atoms with Gasteiger partial charge < -0.3 is 14.4 Å². The zero-order chi connectivity index (χ0) is 21.6. The predicted octanol–water partition coefficient (Wildman–Crippen LogP) is 4.09. The van der Waals surface area contributed by atoms with Crippen LogP contribution in [0.25, 0.3) is 0 Å². The molecule has 0 aromatic heterocycles. The normalized spacial score (nSPS) is 12.3. The van der Waals surface area contributed by atoms with E-state index in [-0.39, 0.29) is 15.8 Å². The minimum atomic E-state index is -3.29. The van der Waals surface area contributed by atoms with Gasteiger partial charge in [-0.05, 0) is 43.7 Å². The Labute approximate surface area is 181 Å². The van der Waals surface area contributed by atoms with Crippen LogP contribution in [0.3, 0.4) is 0 Å². The van der Waals surface area contributed by atoms with Crippen LogP contribution in [0, 0.1) is 0 Å². The summed E-state index contributed by atoms with van der Waals surface area (Å²) in [6, 6.07) is 11.3. The molecule has 0 saturated heterocycles. The highest BCUT2D eigenvalue weighted by molar-refractivity contribution is 7.90. The third-order valence-corrected chi connectivity index (χ3v) is 6.00. The third-order valence-electron chi connectivity index (χ3n) is 4.08. The lowest BCUT2D eigenvalue weighted by Gasteiger charge is -2.22. The number of hydrogen-bond acceptors (Lipinski definition) is 5. The monoisotopic (exact) mass is 459 g/mol. The second-order valence-electron chi connectivity index (χ2n) is 6.52. The fraction of sp³-hybridized carbons (Fsp3) is 0.350. The zero-order valence-electron chi connectivity index (χ0n) is 16.4. The SMILES string of the molecule is CC(Oc1cccc(Cl)c1Cl)C(=O)N(C)CCCOc1cccc(S(C)(=O)=O)c1. The quantitative estimate of drug-likeness (QED) is 0.527. The number of halogens is 2. The molecule has 2 aromatic rings. The lowest BCUT2D eigenvalue weighted by Crippen LogP contribution is -2.38. The summed E-state index contributed by atoms with van der Waals surface area (Å²) in [6.07, 6.45) is 0.978. The lowest BCUT2D eigenvalue weighted by atomic mass is 10.3. The molecule has 1 unspecified atom stereocenters. The third kappa shape index (κ3) is 6.80. The van der Waals surface area contributed by atoms with Crippen LogP contribution >= 0.6 is 23.2 Å². The molecule has 0 heterocycles. The van der Waals surface area contributed by atoms with Gasteiger partial charge in [-0.15, -0.1) is 0 Å². The summed E-state index contributed by atoms with van der Waals surface area (Å²) in [5, 5.41) is 0.621. The standard InChI is InChI=1S/C20H23Cl2NO5S/c1-14(28-18-10-5-9-17(21)19(18)22)20(24)23(2)11-6-12-27-15-7-4-8-16(13-15)29(3,25)26/h4-5,7-10,13-14H,6,11-12H2,1-3H3. The molecule has 0 spiro atoms. The van der Waals surface area contributed by atoms with E-state index in [1.165, 1.54) is 12.1 Å². The van der Waals surface area contributed by atoms with Gasteiger partial charge in [0.1, 0.15) is 16.5 Å². The van der Waals surface area contributed by atoms with Crippen LogP contribution in [0.2, 0.25) is 10.0 Å². The van der Waals surface area contributed by atoms with Crippen LogP contribution < -0.4 is 9.47 Å². The van der Waals surface area contributed by atoms with E-state index in [0.29, 0.717) is 36.1 Å². The first-order valence-electron chi connectivity index (χ1n) is 8.88. The molecule has 0 aliphatic heterocycles. The maximum absolute atomic E-state index is 12.5. The minimum Gasteiger partial charge on any atom is -0.493 e. The first kappa shape index (κ1) is 23.3. The molecule has 0 aliphatic carbocycles. The molecule has 1 atom stereocenters. The zero-order valence-corrected chi connectivity index (χ0v) is 18.7. The van der Waals surface area contributed by atoms with E-state index in [0.717, 1.165) is 6.26 Å². The van der Waals surface area contributed by atoms with Crippen molar-refractivity contribution >= 4 is 38.9 Å². The van der Waals surface area contributed by atoms with Crippen molar-refractivity contribution in [1.82, 2.24) is 4.90 Å². The second-order valence-corrected chi connectivity index (χ2v) is 9.32. The number of sulfone groups is 1. The van der Waals surface area contributed by atoms with E-state index >= 15 is 0 Å². The number of ether oxygens (including phenoxy) is 2. The Balaban J connectivity index is 1.82. The van der Waals surface area contributed by atoms with Crippen molar-refractivity contribution in [1.29, 1.82) is 0 Å². The van der Waals surface area contributed by atoms with E-state index in [4.69, 9.17) is 32.7 Å². The van der Waals surface area contributed by atoms with Gasteiger partial charge in [0.2, 0.25) is 0 Å². The fourth-order valence-corrected chi connectivity index (χ4v) is 3.52. The molecular weight excluding hydrogens is 437 g/mol. The van der Waals surface area contributed by atoms with Crippen LogP contribution in [0.5, 0.6) is 11.5 Å². The molecule has 0 bridgehead atoms. The first-order chi connectivity index (χ1) is 13.6. The highest BCUT2D eigenvalue weighted by Crippen LogP contribution is 2.32. The summed E-state index contributed by atoms with van der Waals surface area (Å²) < 4.78 is 34.4. The van der Waals surface area contributed by atoms with Gasteiger partial charge in [0.15, 0.2) is 15.9 Å². The number of benzene rings is 2. The molecule has 2 aromatic carbocycles. The van der Waals surface area contributed by atoms with Crippen LogP contribution in [0.4, 0.5) is 0 Å². The largest absolute Gasteiger partial charge is 0.493 e. The van der Waals surface area contributed by atoms with Crippen molar-refractivity contribution in [2.75, 3.05) is 26.5 Å². The van der Waals surface area contributed by atoms with Gasteiger partial charge in [-0.2, -0.15) is 0 Å². The average Bonchev–Trinajstić information content (AvgIpc) is 2.67. The van der Waals surface area contributed by atoms with Gasteiger partial charge in [0, 0.05) is 19.8 Å². The Hall–Kier alpha value is -1.96. The van der Waals surface area contributed by atoms with E-state index in [1.54, 1.807) is 49.2 Å². The maximum atomic E-state index is 12.5. The van der Waals surface area contributed by atoms with Crippen molar-refractivity contribution in [3.05, 3.63) is 52.5 Å². The average molecular weight is 460 g/mol. The number of likely N-dealkylation sites (N-methyl/N-ethyl adjacent to an activating group) is 1. The van der Waals surface area contributed by atoms with Crippen LogP contribution in [-0.4, -0.2) is 51.8 Å². The predicted molar refractivity (Wildman–Crippen MR) is 114 cm³/mol. The molecule has 1 amide bonds. The molecule has 29 heavy (non-hydrogen) atoms. The van der Waals surface area contributed by atoms with Gasteiger partial charge in [-0.25, -0.2) is 8.42 Å². The smallest absolute Gasteiger partial charge is 0.263 e. The van der Waals surface area contributed by atoms with E-state index in [2.05, 4.69) is 0 Å². The number of rotatable bonds is 9. The lowest BCUT2D eigenvalue weighted by molar-refractivity contribution is -0.136. The number of amides is 1. The molecule has 0 aliphatic rings. The molecule has 6 nitrogen and oxygen atoms in total. The highest BCUT2D eigenvalue weighted by Gasteiger charge is 2.20. The fourth-order valence-electron chi connectivity index (χ4n) is 2.52.